The Bertz CT molecular complexity index is 624. The lowest BCUT2D eigenvalue weighted by Gasteiger charge is -2.35. The summed E-state index contributed by atoms with van der Waals surface area (Å²) in [4.78, 5) is 28.4. The molecule has 7 heteroatoms. The molecular formula is C17H26N4O3. The van der Waals surface area contributed by atoms with Crippen LogP contribution in [0.25, 0.3) is 0 Å². The molecule has 2 amide bonds. The minimum atomic E-state index is -0.499. The Balaban J connectivity index is 1.60. The van der Waals surface area contributed by atoms with E-state index in [4.69, 9.17) is 4.74 Å². The maximum atomic E-state index is 12.8. The highest BCUT2D eigenvalue weighted by atomic mass is 16.6. The molecule has 7 nitrogen and oxygen atoms in total. The van der Waals surface area contributed by atoms with E-state index in [2.05, 4.69) is 5.10 Å². The summed E-state index contributed by atoms with van der Waals surface area (Å²) in [5.41, 5.74) is 1.28. The fraction of sp³-hybridized carbons (Fsp3) is 0.706. The molecule has 24 heavy (non-hydrogen) atoms. The zero-order chi connectivity index (χ0) is 17.3. The van der Waals surface area contributed by atoms with Crippen molar-refractivity contribution in [2.45, 2.75) is 52.2 Å². The molecule has 0 bridgehead atoms. The number of piperazine rings is 1. The molecule has 132 valence electrons. The number of carbonyl (C=O) groups excluding carboxylic acids is 2. The van der Waals surface area contributed by atoms with Gasteiger partial charge in [-0.2, -0.15) is 5.10 Å². The summed E-state index contributed by atoms with van der Waals surface area (Å²) in [5, 5.41) is 4.34. The van der Waals surface area contributed by atoms with Crippen molar-refractivity contribution in [1.29, 1.82) is 0 Å². The molecule has 2 aliphatic rings. The monoisotopic (exact) mass is 334 g/mol. The smallest absolute Gasteiger partial charge is 0.410 e. The van der Waals surface area contributed by atoms with E-state index in [1.165, 1.54) is 0 Å². The van der Waals surface area contributed by atoms with Crippen LogP contribution in [0.15, 0.2) is 6.20 Å². The number of aryl methyl sites for hydroxylation is 1. The molecule has 1 saturated heterocycles. The van der Waals surface area contributed by atoms with Crippen LogP contribution in [0, 0.1) is 0 Å². The number of carbonyl (C=O) groups is 2. The van der Waals surface area contributed by atoms with Gasteiger partial charge in [0.15, 0.2) is 0 Å². The van der Waals surface area contributed by atoms with Crippen LogP contribution in [0.2, 0.25) is 0 Å². The van der Waals surface area contributed by atoms with Gasteiger partial charge in [-0.1, -0.05) is 0 Å². The second kappa shape index (κ2) is 6.45. The van der Waals surface area contributed by atoms with Crippen molar-refractivity contribution in [3.8, 4) is 0 Å². The fourth-order valence-electron chi connectivity index (χ4n) is 3.19. The number of hydrogen-bond acceptors (Lipinski definition) is 4. The van der Waals surface area contributed by atoms with Crippen molar-refractivity contribution in [3.63, 3.8) is 0 Å². The first-order chi connectivity index (χ1) is 11.3. The van der Waals surface area contributed by atoms with Gasteiger partial charge in [-0.3, -0.25) is 9.48 Å². The largest absolute Gasteiger partial charge is 0.444 e. The van der Waals surface area contributed by atoms with Crippen LogP contribution >= 0.6 is 0 Å². The number of hydrogen-bond donors (Lipinski definition) is 0. The average molecular weight is 334 g/mol. The first-order valence-electron chi connectivity index (χ1n) is 8.67. The van der Waals surface area contributed by atoms with E-state index >= 15 is 0 Å². The van der Waals surface area contributed by atoms with Crippen LogP contribution in [-0.2, 0) is 17.7 Å². The Morgan fingerprint density at radius 3 is 2.38 bits per heavy atom. The van der Waals surface area contributed by atoms with E-state index < -0.39 is 5.60 Å². The van der Waals surface area contributed by atoms with Gasteiger partial charge in [0.2, 0.25) is 0 Å². The molecule has 0 unspecified atom stereocenters. The zero-order valence-electron chi connectivity index (χ0n) is 14.7. The van der Waals surface area contributed by atoms with Gasteiger partial charge < -0.3 is 14.5 Å². The predicted octanol–water partition coefficient (Wildman–Crippen LogP) is 1.91. The average Bonchev–Trinajstić information content (AvgIpc) is 2.97. The molecule has 1 fully saturated rings. The summed E-state index contributed by atoms with van der Waals surface area (Å²) in [6.45, 7) is 8.53. The van der Waals surface area contributed by atoms with E-state index in [9.17, 15) is 9.59 Å². The van der Waals surface area contributed by atoms with Crippen molar-refractivity contribution >= 4 is 12.0 Å². The highest BCUT2D eigenvalue weighted by Crippen LogP contribution is 2.20. The molecule has 0 N–H and O–H groups in total. The highest BCUT2D eigenvalue weighted by Gasteiger charge is 2.30. The molecule has 0 aliphatic carbocycles. The third-order valence-electron chi connectivity index (χ3n) is 4.43. The number of ether oxygens (including phenoxy) is 1. The van der Waals surface area contributed by atoms with Crippen molar-refractivity contribution in [2.75, 3.05) is 26.2 Å². The summed E-state index contributed by atoms with van der Waals surface area (Å²) < 4.78 is 7.34. The molecule has 3 rings (SSSR count). The lowest BCUT2D eigenvalue weighted by atomic mass is 10.1. The molecule has 1 aromatic rings. The number of fused-ring (bicyclic) bond motifs is 1. The van der Waals surface area contributed by atoms with Gasteiger partial charge in [0, 0.05) is 32.7 Å². The summed E-state index contributed by atoms with van der Waals surface area (Å²) in [6, 6.07) is 0. The van der Waals surface area contributed by atoms with Crippen molar-refractivity contribution in [3.05, 3.63) is 17.5 Å². The molecule has 3 heterocycles. The SMILES string of the molecule is CC(C)(C)OC(=O)N1CCN(C(=O)c2cnn3c2CCCC3)CC1. The fourth-order valence-corrected chi connectivity index (χ4v) is 3.19. The van der Waals surface area contributed by atoms with Crippen LogP contribution in [0.5, 0.6) is 0 Å². The van der Waals surface area contributed by atoms with Gasteiger partial charge in [0.25, 0.3) is 5.91 Å². The van der Waals surface area contributed by atoms with Gasteiger partial charge in [-0.15, -0.1) is 0 Å². The standard InChI is InChI=1S/C17H26N4O3/c1-17(2,3)24-16(23)20-10-8-19(9-11-20)15(22)13-12-18-21-7-5-4-6-14(13)21/h12H,4-11H2,1-3H3. The van der Waals surface area contributed by atoms with E-state index in [-0.39, 0.29) is 12.0 Å². The lowest BCUT2D eigenvalue weighted by molar-refractivity contribution is 0.0140. The minimum Gasteiger partial charge on any atom is -0.444 e. The van der Waals surface area contributed by atoms with E-state index in [0.29, 0.717) is 26.2 Å². The second-order valence-corrected chi connectivity index (χ2v) is 7.44. The van der Waals surface area contributed by atoms with Crippen molar-refractivity contribution < 1.29 is 14.3 Å². The molecule has 0 spiro atoms. The van der Waals surface area contributed by atoms with Gasteiger partial charge in [0.05, 0.1) is 17.5 Å². The molecule has 0 aromatic carbocycles. The normalized spacial score (nSPS) is 18.3. The number of rotatable bonds is 1. The number of nitrogens with zero attached hydrogens (tertiary/aromatic N) is 4. The maximum Gasteiger partial charge on any atom is 0.410 e. The van der Waals surface area contributed by atoms with Crippen LogP contribution in [0.3, 0.4) is 0 Å². The molecule has 0 saturated carbocycles. The summed E-state index contributed by atoms with van der Waals surface area (Å²) in [5.74, 6) is 0.0296. The number of amides is 2. The van der Waals surface area contributed by atoms with E-state index in [0.717, 1.165) is 37.1 Å². The Kier molecular flexibility index (Phi) is 4.51. The third kappa shape index (κ3) is 3.55. The van der Waals surface area contributed by atoms with Crippen LogP contribution in [0.4, 0.5) is 4.79 Å². The molecule has 0 atom stereocenters. The van der Waals surface area contributed by atoms with E-state index in [1.54, 1.807) is 11.1 Å². The van der Waals surface area contributed by atoms with Crippen molar-refractivity contribution in [2.24, 2.45) is 0 Å². The first kappa shape index (κ1) is 16.8. The lowest BCUT2D eigenvalue weighted by Crippen LogP contribution is -2.51. The van der Waals surface area contributed by atoms with Crippen molar-refractivity contribution in [1.82, 2.24) is 19.6 Å². The zero-order valence-corrected chi connectivity index (χ0v) is 14.7. The molecule has 1 aromatic heterocycles. The Morgan fingerprint density at radius 2 is 1.71 bits per heavy atom. The van der Waals surface area contributed by atoms with Gasteiger partial charge in [-0.05, 0) is 40.0 Å². The quantitative estimate of drug-likeness (QED) is 0.787. The van der Waals surface area contributed by atoms with Crippen LogP contribution in [-0.4, -0.2) is 63.4 Å². The molecule has 0 radical (unpaired) electrons. The molecular weight excluding hydrogens is 308 g/mol. The summed E-state index contributed by atoms with van der Waals surface area (Å²) in [6.07, 6.45) is 4.54. The van der Waals surface area contributed by atoms with Crippen LogP contribution < -0.4 is 0 Å². The number of aromatic nitrogens is 2. The highest BCUT2D eigenvalue weighted by molar-refractivity contribution is 5.95. The second-order valence-electron chi connectivity index (χ2n) is 7.44. The first-order valence-corrected chi connectivity index (χ1v) is 8.67. The van der Waals surface area contributed by atoms with E-state index in [1.807, 2.05) is 30.4 Å². The summed E-state index contributed by atoms with van der Waals surface area (Å²) in [7, 11) is 0. The Hall–Kier alpha value is -2.05. The Morgan fingerprint density at radius 1 is 1.04 bits per heavy atom. The minimum absolute atomic E-state index is 0.0296. The maximum absolute atomic E-state index is 12.8. The predicted molar refractivity (Wildman–Crippen MR) is 88.9 cm³/mol. The van der Waals surface area contributed by atoms with Gasteiger partial charge >= 0.3 is 6.09 Å². The topological polar surface area (TPSA) is 67.7 Å². The third-order valence-corrected chi connectivity index (χ3v) is 4.43. The van der Waals surface area contributed by atoms with Gasteiger partial charge in [-0.25, -0.2) is 4.79 Å². The van der Waals surface area contributed by atoms with Gasteiger partial charge in [0.1, 0.15) is 5.60 Å². The Labute approximate surface area is 142 Å². The molecule has 2 aliphatic heterocycles. The summed E-state index contributed by atoms with van der Waals surface area (Å²) >= 11 is 0. The van der Waals surface area contributed by atoms with Crippen LogP contribution in [0.1, 0.15) is 49.7 Å².